The van der Waals surface area contributed by atoms with E-state index in [1.165, 1.54) is 109 Å². The van der Waals surface area contributed by atoms with E-state index >= 15 is 0 Å². The molecule has 0 bridgehead atoms. The van der Waals surface area contributed by atoms with Crippen LogP contribution in [0.25, 0.3) is 0 Å². The van der Waals surface area contributed by atoms with Crippen molar-refractivity contribution in [1.29, 1.82) is 0 Å². The Kier molecular flexibility index (Phi) is 48.8. The van der Waals surface area contributed by atoms with Gasteiger partial charge < -0.3 is 39.0 Å². The molecule has 0 radical (unpaired) electrons. The van der Waals surface area contributed by atoms with Gasteiger partial charge in [-0.2, -0.15) is 0 Å². The van der Waals surface area contributed by atoms with Crippen molar-refractivity contribution in [1.82, 2.24) is 0 Å². The number of carbonyl (C=O) groups excluding carboxylic acids is 3. The fraction of sp³-hybridized carbons (Fsp3) is 0.754. The average Bonchev–Trinajstić information content (AvgIpc) is 3.42. The van der Waals surface area contributed by atoms with E-state index < -0.39 is 67.3 Å². The molecule has 1 aliphatic heterocycles. The molecule has 0 saturated carbocycles. The van der Waals surface area contributed by atoms with Gasteiger partial charge in [-0.1, -0.05) is 241 Å². The summed E-state index contributed by atoms with van der Waals surface area (Å²) < 4.78 is 28.4. The molecule has 12 heteroatoms. The Morgan fingerprint density at radius 3 is 1.32 bits per heavy atom. The number of aliphatic hydroxyl groups excluding tert-OH is 2. The molecule has 77 heavy (non-hydrogen) atoms. The van der Waals surface area contributed by atoms with E-state index in [9.17, 15) is 34.5 Å². The van der Waals surface area contributed by atoms with E-state index in [0.717, 1.165) is 89.9 Å². The van der Waals surface area contributed by atoms with Crippen molar-refractivity contribution < 1.29 is 58.2 Å². The number of carboxylic acid groups (broad SMARTS) is 1. The minimum absolute atomic E-state index is 0.0380. The van der Waals surface area contributed by atoms with E-state index in [-0.39, 0.29) is 25.9 Å². The summed E-state index contributed by atoms with van der Waals surface area (Å²) in [6.07, 6.45) is 54.6. The molecule has 0 aromatic carbocycles. The maximum Gasteiger partial charge on any atom is 0.335 e. The molecule has 0 aromatic rings. The highest BCUT2D eigenvalue weighted by Gasteiger charge is 2.50. The van der Waals surface area contributed by atoms with E-state index in [2.05, 4.69) is 81.5 Å². The van der Waals surface area contributed by atoms with Crippen LogP contribution in [0, 0.1) is 0 Å². The number of rotatable bonds is 52. The maximum atomic E-state index is 13.1. The first-order chi connectivity index (χ1) is 37.6. The van der Waals surface area contributed by atoms with Crippen molar-refractivity contribution in [3.05, 3.63) is 72.9 Å². The third-order valence-corrected chi connectivity index (χ3v) is 13.8. The number of carbonyl (C=O) groups is 4. The van der Waals surface area contributed by atoms with Gasteiger partial charge in [-0.15, -0.1) is 0 Å². The monoisotopic (exact) mass is 1080 g/mol. The van der Waals surface area contributed by atoms with E-state index in [1.54, 1.807) is 0 Å². The minimum atomic E-state index is -1.91. The molecular weight excluding hydrogens is 973 g/mol. The van der Waals surface area contributed by atoms with Crippen LogP contribution in [0.2, 0.25) is 0 Å². The normalized spacial score (nSPS) is 18.5. The fourth-order valence-corrected chi connectivity index (χ4v) is 9.06. The van der Waals surface area contributed by atoms with Crippen LogP contribution >= 0.6 is 0 Å². The van der Waals surface area contributed by atoms with Gasteiger partial charge in [-0.3, -0.25) is 14.4 Å². The lowest BCUT2D eigenvalue weighted by Crippen LogP contribution is -2.61. The zero-order valence-corrected chi connectivity index (χ0v) is 48.7. The van der Waals surface area contributed by atoms with E-state index in [4.69, 9.17) is 23.7 Å². The molecule has 6 atom stereocenters. The molecule has 6 unspecified atom stereocenters. The van der Waals surface area contributed by atoms with Gasteiger partial charge in [0.1, 0.15) is 18.8 Å². The number of hydrogen-bond acceptors (Lipinski definition) is 11. The number of carboxylic acids is 1. The third-order valence-electron chi connectivity index (χ3n) is 13.8. The second-order valence-corrected chi connectivity index (χ2v) is 21.0. The van der Waals surface area contributed by atoms with Gasteiger partial charge in [0, 0.05) is 19.3 Å². The highest BCUT2D eigenvalue weighted by atomic mass is 16.7. The number of esters is 3. The third kappa shape index (κ3) is 42.7. The van der Waals surface area contributed by atoms with Crippen molar-refractivity contribution in [3.63, 3.8) is 0 Å². The largest absolute Gasteiger partial charge is 0.479 e. The molecule has 442 valence electrons. The standard InChI is InChI=1S/C65H110O12/c1-4-7-10-13-16-19-22-25-27-28-29-30-32-35-38-41-44-47-50-53-59(68)76-63-61(70)60(69)62(64(71)72)77-65(63)74-55-56(75-58(67)52-49-46-43-40-37-33-24-21-18-15-12-9-6-3)54-73-57(66)51-48-45-42-39-36-34-31-26-23-20-17-14-11-8-5-2/h9,12,17-18,20-21,26,31,33,37,43,46,56,60-63,65,69-70H,4-8,10-11,13-16,19,22-25,27-30,32,34-36,38-42,44-45,47-55H2,1-3H3,(H,71,72)/b12-9-,20-17-,21-18-,31-26-,37-33-,46-43-. The summed E-state index contributed by atoms with van der Waals surface area (Å²) in [7, 11) is 0. The van der Waals surface area contributed by atoms with Crippen LogP contribution in [0.4, 0.5) is 0 Å². The number of ether oxygens (including phenoxy) is 5. The van der Waals surface area contributed by atoms with Crippen LogP contribution in [0.1, 0.15) is 265 Å². The van der Waals surface area contributed by atoms with Crippen LogP contribution in [0.3, 0.4) is 0 Å². The molecule has 0 amide bonds. The molecule has 1 saturated heterocycles. The van der Waals surface area contributed by atoms with Crippen molar-refractivity contribution in [2.24, 2.45) is 0 Å². The molecule has 0 aromatic heterocycles. The predicted octanol–water partition coefficient (Wildman–Crippen LogP) is 16.1. The van der Waals surface area contributed by atoms with Gasteiger partial charge >= 0.3 is 23.9 Å². The summed E-state index contributed by atoms with van der Waals surface area (Å²) in [5.41, 5.74) is 0. The summed E-state index contributed by atoms with van der Waals surface area (Å²) in [5.74, 6) is -3.24. The average molecular weight is 1080 g/mol. The Balaban J connectivity index is 2.68. The lowest BCUT2D eigenvalue weighted by Gasteiger charge is -2.40. The summed E-state index contributed by atoms with van der Waals surface area (Å²) in [4.78, 5) is 51.1. The Morgan fingerprint density at radius 2 is 0.844 bits per heavy atom. The van der Waals surface area contributed by atoms with E-state index in [0.29, 0.717) is 25.7 Å². The number of aliphatic hydroxyl groups is 2. The first kappa shape index (κ1) is 71.2. The minimum Gasteiger partial charge on any atom is -0.479 e. The Hall–Kier alpha value is -3.84. The molecule has 1 rings (SSSR count). The van der Waals surface area contributed by atoms with Gasteiger partial charge in [0.15, 0.2) is 24.6 Å². The van der Waals surface area contributed by atoms with Gasteiger partial charge in [0.25, 0.3) is 0 Å². The Labute approximate surface area is 468 Å². The first-order valence-electron chi connectivity index (χ1n) is 30.9. The topological polar surface area (TPSA) is 175 Å². The maximum absolute atomic E-state index is 13.1. The second kappa shape index (κ2) is 52.8. The quantitative estimate of drug-likeness (QED) is 0.0228. The number of aliphatic carboxylic acids is 1. The zero-order chi connectivity index (χ0) is 56.1. The van der Waals surface area contributed by atoms with Crippen LogP contribution < -0.4 is 0 Å². The second-order valence-electron chi connectivity index (χ2n) is 21.0. The van der Waals surface area contributed by atoms with Gasteiger partial charge in [0.2, 0.25) is 0 Å². The smallest absolute Gasteiger partial charge is 0.335 e. The number of hydrogen-bond donors (Lipinski definition) is 3. The van der Waals surface area contributed by atoms with Crippen molar-refractivity contribution in [2.45, 2.75) is 302 Å². The highest BCUT2D eigenvalue weighted by Crippen LogP contribution is 2.26. The van der Waals surface area contributed by atoms with Crippen molar-refractivity contribution in [2.75, 3.05) is 13.2 Å². The summed E-state index contributed by atoms with van der Waals surface area (Å²) in [6, 6.07) is 0. The van der Waals surface area contributed by atoms with Crippen LogP contribution in [-0.4, -0.2) is 89.2 Å². The molecule has 0 aliphatic carbocycles. The fourth-order valence-electron chi connectivity index (χ4n) is 9.06. The lowest BCUT2D eigenvalue weighted by atomic mass is 9.98. The molecular formula is C65H110O12. The predicted molar refractivity (Wildman–Crippen MR) is 312 cm³/mol. The molecule has 1 fully saturated rings. The van der Waals surface area contributed by atoms with Gasteiger partial charge in [0.05, 0.1) is 6.61 Å². The van der Waals surface area contributed by atoms with Crippen molar-refractivity contribution >= 4 is 23.9 Å². The van der Waals surface area contributed by atoms with Gasteiger partial charge in [-0.05, 0) is 77.0 Å². The van der Waals surface area contributed by atoms with E-state index in [1.807, 2.05) is 12.2 Å². The number of unbranched alkanes of at least 4 members (excludes halogenated alkanes) is 26. The molecule has 1 heterocycles. The van der Waals surface area contributed by atoms with Crippen molar-refractivity contribution in [3.8, 4) is 0 Å². The molecule has 3 N–H and O–H groups in total. The highest BCUT2D eigenvalue weighted by molar-refractivity contribution is 5.74. The van der Waals surface area contributed by atoms with Gasteiger partial charge in [-0.25, -0.2) is 4.79 Å². The first-order valence-corrected chi connectivity index (χ1v) is 30.9. The number of allylic oxidation sites excluding steroid dienone is 12. The molecule has 12 nitrogen and oxygen atoms in total. The lowest BCUT2D eigenvalue weighted by molar-refractivity contribution is -0.301. The summed E-state index contributed by atoms with van der Waals surface area (Å²) in [5, 5.41) is 31.5. The zero-order valence-electron chi connectivity index (χ0n) is 48.7. The SMILES string of the molecule is CC/C=C\C/C=C\C/C=C\C/C=C\CCC(=O)OC(COC(=O)CCCCCCC/C=C\C/C=C\CCCCC)COC1OC(C(=O)O)C(O)C(O)C1OC(=O)CCCCCCCCCCCCCCCCCCCCC. The molecule has 1 aliphatic rings. The van der Waals surface area contributed by atoms with Crippen LogP contribution in [-0.2, 0) is 42.9 Å². The van der Waals surface area contributed by atoms with Crippen LogP contribution in [0.15, 0.2) is 72.9 Å². The summed E-state index contributed by atoms with van der Waals surface area (Å²) >= 11 is 0. The molecule has 0 spiro atoms. The Morgan fingerprint density at radius 1 is 0.442 bits per heavy atom. The summed E-state index contributed by atoms with van der Waals surface area (Å²) in [6.45, 7) is 5.80. The van der Waals surface area contributed by atoms with Crippen LogP contribution in [0.5, 0.6) is 0 Å². The Bertz CT molecular complexity index is 1620.